The minimum absolute atomic E-state index is 0.144. The minimum atomic E-state index is -0.420. The molecule has 0 radical (unpaired) electrons. The molecule has 0 aromatic heterocycles. The van der Waals surface area contributed by atoms with E-state index in [2.05, 4.69) is 22.2 Å². The van der Waals surface area contributed by atoms with Crippen LogP contribution in [-0.4, -0.2) is 62.0 Å². The van der Waals surface area contributed by atoms with Gasteiger partial charge >= 0.3 is 5.97 Å². The van der Waals surface area contributed by atoms with Crippen molar-refractivity contribution in [3.05, 3.63) is 65.2 Å². The van der Waals surface area contributed by atoms with E-state index in [9.17, 15) is 9.59 Å². The van der Waals surface area contributed by atoms with E-state index in [-0.39, 0.29) is 5.91 Å². The van der Waals surface area contributed by atoms with Gasteiger partial charge in [-0.2, -0.15) is 0 Å². The average molecular weight is 377 g/mol. The van der Waals surface area contributed by atoms with E-state index in [1.54, 1.807) is 12.1 Å². The molecule has 1 amide bonds. The highest BCUT2D eigenvalue weighted by Gasteiger charge is 2.32. The number of hydrogen-bond donors (Lipinski definition) is 1. The monoisotopic (exact) mass is 377 g/mol. The van der Waals surface area contributed by atoms with Crippen LogP contribution in [0.4, 0.5) is 5.69 Å². The number of nitrogens with zero attached hydrogens (tertiary/aromatic N) is 2. The molecule has 144 valence electrons. The summed E-state index contributed by atoms with van der Waals surface area (Å²) in [6.07, 6.45) is 0. The zero-order valence-electron chi connectivity index (χ0n) is 16.1. The molecule has 0 unspecified atom stereocenters. The molecule has 1 saturated heterocycles. The number of rotatable bonds is 3. The second kappa shape index (κ2) is 7.48. The largest absolute Gasteiger partial charge is 0.465 e. The van der Waals surface area contributed by atoms with Gasteiger partial charge in [-0.15, -0.1) is 0 Å². The number of anilines is 1. The molecule has 0 bridgehead atoms. The molecular weight excluding hydrogens is 354 g/mol. The lowest BCUT2D eigenvalue weighted by atomic mass is 9.98. The number of carbonyl (C=O) groups excluding carboxylic acids is 2. The number of benzene rings is 2. The van der Waals surface area contributed by atoms with Crippen molar-refractivity contribution in [2.45, 2.75) is 0 Å². The maximum atomic E-state index is 13.0. The van der Waals surface area contributed by atoms with Gasteiger partial charge in [0.1, 0.15) is 0 Å². The Labute approximate surface area is 164 Å². The number of esters is 1. The highest BCUT2D eigenvalue weighted by Crippen LogP contribution is 2.39. The van der Waals surface area contributed by atoms with E-state index in [1.165, 1.54) is 7.11 Å². The van der Waals surface area contributed by atoms with Gasteiger partial charge in [0.15, 0.2) is 0 Å². The maximum absolute atomic E-state index is 13.0. The molecule has 0 atom stereocenters. The number of nitrogens with one attached hydrogen (secondary N) is 1. The minimum Gasteiger partial charge on any atom is -0.465 e. The fourth-order valence-electron chi connectivity index (χ4n) is 3.76. The highest BCUT2D eigenvalue weighted by atomic mass is 16.5. The second-order valence-corrected chi connectivity index (χ2v) is 7.09. The van der Waals surface area contributed by atoms with Crippen LogP contribution in [0.25, 0.3) is 11.3 Å². The number of piperazine rings is 1. The van der Waals surface area contributed by atoms with Gasteiger partial charge in [0, 0.05) is 31.7 Å². The molecule has 6 heteroatoms. The van der Waals surface area contributed by atoms with Gasteiger partial charge < -0.3 is 19.9 Å². The first-order valence-corrected chi connectivity index (χ1v) is 9.36. The molecule has 0 spiro atoms. The third-order valence-corrected chi connectivity index (χ3v) is 5.29. The van der Waals surface area contributed by atoms with Gasteiger partial charge in [-0.25, -0.2) is 4.79 Å². The van der Waals surface area contributed by atoms with Gasteiger partial charge in [0.2, 0.25) is 0 Å². The van der Waals surface area contributed by atoms with Crippen LogP contribution in [0.2, 0.25) is 0 Å². The van der Waals surface area contributed by atoms with Crippen LogP contribution in [-0.2, 0) is 9.53 Å². The summed E-state index contributed by atoms with van der Waals surface area (Å²) in [4.78, 5) is 29.4. The Morgan fingerprint density at radius 2 is 1.71 bits per heavy atom. The van der Waals surface area contributed by atoms with E-state index in [1.807, 2.05) is 36.4 Å². The summed E-state index contributed by atoms with van der Waals surface area (Å²) in [6.45, 7) is 3.60. The van der Waals surface area contributed by atoms with Crippen LogP contribution < -0.4 is 5.32 Å². The molecule has 4 rings (SSSR count). The topological polar surface area (TPSA) is 61.9 Å². The first kappa shape index (κ1) is 18.3. The maximum Gasteiger partial charge on any atom is 0.337 e. The third kappa shape index (κ3) is 3.27. The molecule has 0 saturated carbocycles. The number of hydrogen-bond acceptors (Lipinski definition) is 5. The number of carbonyl (C=O) groups is 2. The second-order valence-electron chi connectivity index (χ2n) is 7.09. The summed E-state index contributed by atoms with van der Waals surface area (Å²) < 4.78 is 4.80. The molecule has 2 heterocycles. The normalized spacial score (nSPS) is 18.5. The molecule has 2 aromatic rings. The zero-order chi connectivity index (χ0) is 19.7. The molecule has 6 nitrogen and oxygen atoms in total. The van der Waals surface area contributed by atoms with Crippen LogP contribution >= 0.6 is 0 Å². The van der Waals surface area contributed by atoms with E-state index < -0.39 is 5.97 Å². The SMILES string of the molecule is COC(=O)c1ccc2c(c1)NC(=O)C2=C(c1ccccc1)N1CCN(C)CC1. The van der Waals surface area contributed by atoms with Crippen LogP contribution in [0, 0.1) is 0 Å². The molecule has 0 aliphatic carbocycles. The summed E-state index contributed by atoms with van der Waals surface area (Å²) in [5.74, 6) is -0.563. The van der Waals surface area contributed by atoms with Crippen molar-refractivity contribution in [3.8, 4) is 0 Å². The molecule has 28 heavy (non-hydrogen) atoms. The van der Waals surface area contributed by atoms with E-state index in [0.29, 0.717) is 16.8 Å². The predicted octanol–water partition coefficient (Wildman–Crippen LogP) is 2.54. The Balaban J connectivity index is 1.85. The molecule has 1 N–H and O–H groups in total. The first-order chi connectivity index (χ1) is 13.6. The van der Waals surface area contributed by atoms with E-state index in [0.717, 1.165) is 43.0 Å². The fourth-order valence-corrected chi connectivity index (χ4v) is 3.76. The van der Waals surface area contributed by atoms with Crippen molar-refractivity contribution in [3.63, 3.8) is 0 Å². The van der Waals surface area contributed by atoms with Gasteiger partial charge in [0.25, 0.3) is 5.91 Å². The molecule has 2 aromatic carbocycles. The smallest absolute Gasteiger partial charge is 0.337 e. The Kier molecular flexibility index (Phi) is 4.88. The number of likely N-dealkylation sites (N-methyl/N-ethyl adjacent to an activating group) is 1. The van der Waals surface area contributed by atoms with Crippen molar-refractivity contribution in [1.82, 2.24) is 9.80 Å². The average Bonchev–Trinajstić information content (AvgIpc) is 3.05. The van der Waals surface area contributed by atoms with Crippen molar-refractivity contribution >= 4 is 28.8 Å². The van der Waals surface area contributed by atoms with Crippen LogP contribution in [0.3, 0.4) is 0 Å². The van der Waals surface area contributed by atoms with E-state index >= 15 is 0 Å². The van der Waals surface area contributed by atoms with Gasteiger partial charge in [-0.05, 0) is 24.7 Å². The van der Waals surface area contributed by atoms with Gasteiger partial charge in [-0.3, -0.25) is 4.79 Å². The lowest BCUT2D eigenvalue weighted by Gasteiger charge is -2.36. The number of ether oxygens (including phenoxy) is 1. The number of methoxy groups -OCH3 is 1. The third-order valence-electron chi connectivity index (χ3n) is 5.29. The molecule has 2 aliphatic rings. The zero-order valence-corrected chi connectivity index (χ0v) is 16.1. The van der Waals surface area contributed by atoms with E-state index in [4.69, 9.17) is 4.74 Å². The van der Waals surface area contributed by atoms with Crippen LogP contribution in [0.15, 0.2) is 48.5 Å². The van der Waals surface area contributed by atoms with Crippen LogP contribution in [0.1, 0.15) is 21.5 Å². The van der Waals surface area contributed by atoms with Crippen molar-refractivity contribution < 1.29 is 14.3 Å². The Morgan fingerprint density at radius 3 is 2.39 bits per heavy atom. The van der Waals surface area contributed by atoms with Gasteiger partial charge in [0.05, 0.1) is 29.6 Å². The Bertz CT molecular complexity index is 945. The fraction of sp³-hybridized carbons (Fsp3) is 0.273. The molecule has 1 fully saturated rings. The highest BCUT2D eigenvalue weighted by molar-refractivity contribution is 6.36. The quantitative estimate of drug-likeness (QED) is 0.658. The predicted molar refractivity (Wildman–Crippen MR) is 109 cm³/mol. The summed E-state index contributed by atoms with van der Waals surface area (Å²) in [5, 5.41) is 2.92. The standard InChI is InChI=1S/C22H23N3O3/c1-24-10-12-25(13-11-24)20(15-6-4-3-5-7-15)19-17-9-8-16(22(27)28-2)14-18(17)23-21(19)26/h3-9,14H,10-13H2,1-2H3,(H,23,26). The number of amides is 1. The Morgan fingerprint density at radius 1 is 1.00 bits per heavy atom. The Hall–Kier alpha value is -3.12. The van der Waals surface area contributed by atoms with Crippen molar-refractivity contribution in [2.75, 3.05) is 45.7 Å². The first-order valence-electron chi connectivity index (χ1n) is 9.36. The van der Waals surface area contributed by atoms with Crippen molar-refractivity contribution in [1.29, 1.82) is 0 Å². The molecular formula is C22H23N3O3. The summed E-state index contributed by atoms with van der Waals surface area (Å²) >= 11 is 0. The van der Waals surface area contributed by atoms with Gasteiger partial charge in [-0.1, -0.05) is 36.4 Å². The summed E-state index contributed by atoms with van der Waals surface area (Å²) in [7, 11) is 3.46. The number of fused-ring (bicyclic) bond motifs is 1. The van der Waals surface area contributed by atoms with Crippen molar-refractivity contribution in [2.24, 2.45) is 0 Å². The lowest BCUT2D eigenvalue weighted by molar-refractivity contribution is -0.110. The lowest BCUT2D eigenvalue weighted by Crippen LogP contribution is -2.43. The van der Waals surface area contributed by atoms with Crippen LogP contribution in [0.5, 0.6) is 0 Å². The molecule has 2 aliphatic heterocycles. The summed E-state index contributed by atoms with van der Waals surface area (Å²) in [5.41, 5.74) is 4.49. The summed E-state index contributed by atoms with van der Waals surface area (Å²) in [6, 6.07) is 15.2.